The fourth-order valence-electron chi connectivity index (χ4n) is 6.47. The van der Waals surface area contributed by atoms with Gasteiger partial charge in [0.1, 0.15) is 13.2 Å². The third kappa shape index (κ3) is 7.47. The van der Waals surface area contributed by atoms with Crippen LogP contribution in [0.3, 0.4) is 0 Å². The van der Waals surface area contributed by atoms with E-state index in [1.807, 2.05) is 48.5 Å². The minimum atomic E-state index is -0.369. The topological polar surface area (TPSA) is 74.8 Å². The van der Waals surface area contributed by atoms with Gasteiger partial charge in [0, 0.05) is 52.1 Å². The van der Waals surface area contributed by atoms with Crippen LogP contribution in [0.15, 0.2) is 73.1 Å². The number of esters is 2. The lowest BCUT2D eigenvalue weighted by molar-refractivity contribution is 0.0151. The van der Waals surface area contributed by atoms with Crippen LogP contribution in [0.1, 0.15) is 57.5 Å². The van der Waals surface area contributed by atoms with Gasteiger partial charge in [-0.15, -0.1) is 0 Å². The maximum Gasteiger partial charge on any atom is 0.338 e. The van der Waals surface area contributed by atoms with Gasteiger partial charge in [0.05, 0.1) is 36.7 Å². The highest BCUT2D eigenvalue weighted by Gasteiger charge is 2.30. The van der Waals surface area contributed by atoms with Crippen LogP contribution in [0.2, 0.25) is 0 Å². The van der Waals surface area contributed by atoms with Crippen molar-refractivity contribution in [1.29, 1.82) is 0 Å². The van der Waals surface area contributed by atoms with Crippen LogP contribution >= 0.6 is 0 Å². The minimum Gasteiger partial charge on any atom is -0.460 e. The largest absolute Gasteiger partial charge is 0.460 e. The van der Waals surface area contributed by atoms with Crippen molar-refractivity contribution in [2.75, 3.05) is 52.6 Å². The summed E-state index contributed by atoms with van der Waals surface area (Å²) >= 11 is 0. The highest BCUT2D eigenvalue weighted by atomic mass is 16.6. The van der Waals surface area contributed by atoms with Gasteiger partial charge in [-0.25, -0.2) is 9.59 Å². The molecule has 6 rings (SSSR count). The second kappa shape index (κ2) is 14.2. The Morgan fingerprint density at radius 2 is 1.05 bits per heavy atom. The Morgan fingerprint density at radius 1 is 0.605 bits per heavy atom. The summed E-state index contributed by atoms with van der Waals surface area (Å²) in [4.78, 5) is 34.7. The molecule has 9 nitrogen and oxygen atoms in total. The van der Waals surface area contributed by atoms with E-state index in [0.29, 0.717) is 23.5 Å². The average molecular weight is 587 g/mol. The molecular formula is C34H42N4O5. The van der Waals surface area contributed by atoms with Crippen LogP contribution in [-0.2, 0) is 27.3 Å². The van der Waals surface area contributed by atoms with Gasteiger partial charge in [0.15, 0.2) is 0 Å². The van der Waals surface area contributed by atoms with Crippen molar-refractivity contribution in [1.82, 2.24) is 19.6 Å². The second-order valence-corrected chi connectivity index (χ2v) is 11.6. The molecule has 0 bridgehead atoms. The number of rotatable bonds is 12. The number of benzene rings is 2. The van der Waals surface area contributed by atoms with Gasteiger partial charge in [-0.2, -0.15) is 0 Å². The first-order valence-corrected chi connectivity index (χ1v) is 15.6. The van der Waals surface area contributed by atoms with Gasteiger partial charge in [0.2, 0.25) is 0 Å². The van der Waals surface area contributed by atoms with Crippen LogP contribution in [0, 0.1) is 0 Å². The van der Waals surface area contributed by atoms with Crippen LogP contribution in [0.25, 0.3) is 0 Å². The number of hydrogen-bond acceptors (Lipinski definition) is 9. The van der Waals surface area contributed by atoms with Crippen molar-refractivity contribution in [2.45, 2.75) is 51.1 Å². The third-order valence-corrected chi connectivity index (χ3v) is 8.69. The fraction of sp³-hybridized carbons (Fsp3) is 0.471. The van der Waals surface area contributed by atoms with E-state index in [9.17, 15) is 9.59 Å². The van der Waals surface area contributed by atoms with Crippen LogP contribution in [0.5, 0.6) is 0 Å². The molecule has 0 aliphatic carbocycles. The molecule has 0 N–H and O–H groups in total. The lowest BCUT2D eigenvalue weighted by Gasteiger charge is -2.40. The van der Waals surface area contributed by atoms with E-state index in [4.69, 9.17) is 14.2 Å². The average Bonchev–Trinajstić information content (AvgIpc) is 3.72. The normalized spacial score (nSPS) is 21.6. The molecule has 2 aromatic carbocycles. The van der Waals surface area contributed by atoms with E-state index in [1.54, 1.807) is 0 Å². The molecule has 0 spiro atoms. The number of fused-ring (bicyclic) bond motifs is 2. The summed E-state index contributed by atoms with van der Waals surface area (Å²) in [7, 11) is 0. The lowest BCUT2D eigenvalue weighted by Crippen LogP contribution is -2.48. The number of carbonyl (C=O) groups is 2. The summed E-state index contributed by atoms with van der Waals surface area (Å²) in [6, 6.07) is 15.3. The smallest absolute Gasteiger partial charge is 0.338 e. The molecule has 4 aliphatic heterocycles. The monoisotopic (exact) mass is 586 g/mol. The summed E-state index contributed by atoms with van der Waals surface area (Å²) in [5.74, 6) is -0.738. The van der Waals surface area contributed by atoms with E-state index in [2.05, 4.69) is 44.2 Å². The molecule has 2 aromatic rings. The first-order valence-electron chi connectivity index (χ1n) is 15.6. The molecule has 2 atom stereocenters. The Hall–Kier alpha value is -3.66. The van der Waals surface area contributed by atoms with Gasteiger partial charge in [0.25, 0.3) is 0 Å². The van der Waals surface area contributed by atoms with Crippen LogP contribution < -0.4 is 0 Å². The van der Waals surface area contributed by atoms with Crippen molar-refractivity contribution in [3.05, 3.63) is 95.3 Å². The Kier molecular flexibility index (Phi) is 9.72. The predicted octanol–water partition coefficient (Wildman–Crippen LogP) is 4.22. The first-order chi connectivity index (χ1) is 21.1. The SMILES string of the molecule is O=C(OCCOCCOC(=O)c1ccc(CN2CCCN3C=CCC32)cc1)c1ccc(CN2CCCN3C=CCC32)cc1. The zero-order chi connectivity index (χ0) is 29.4. The summed E-state index contributed by atoms with van der Waals surface area (Å²) in [5.41, 5.74) is 3.43. The quantitative estimate of drug-likeness (QED) is 0.269. The molecule has 0 saturated carbocycles. The van der Waals surface area contributed by atoms with Crippen LogP contribution in [-0.4, -0.2) is 96.5 Å². The molecule has 0 amide bonds. The zero-order valence-corrected chi connectivity index (χ0v) is 24.8. The molecule has 2 fully saturated rings. The molecular weight excluding hydrogens is 544 g/mol. The highest BCUT2D eigenvalue weighted by molar-refractivity contribution is 5.89. The Bertz CT molecular complexity index is 1200. The third-order valence-electron chi connectivity index (χ3n) is 8.69. The van der Waals surface area contributed by atoms with Gasteiger partial charge in [-0.3, -0.25) is 9.80 Å². The maximum absolute atomic E-state index is 12.4. The molecule has 0 radical (unpaired) electrons. The molecule has 2 saturated heterocycles. The summed E-state index contributed by atoms with van der Waals surface area (Å²) in [5, 5.41) is 0. The molecule has 2 unspecified atom stereocenters. The maximum atomic E-state index is 12.4. The number of carbonyl (C=O) groups excluding carboxylic acids is 2. The molecule has 228 valence electrons. The molecule has 9 heteroatoms. The van der Waals surface area contributed by atoms with Crippen molar-refractivity contribution >= 4 is 11.9 Å². The van der Waals surface area contributed by atoms with Crippen molar-refractivity contribution in [3.63, 3.8) is 0 Å². The molecule has 43 heavy (non-hydrogen) atoms. The molecule has 4 aliphatic rings. The van der Waals surface area contributed by atoms with Gasteiger partial charge >= 0.3 is 11.9 Å². The van der Waals surface area contributed by atoms with Gasteiger partial charge < -0.3 is 24.0 Å². The van der Waals surface area contributed by atoms with Gasteiger partial charge in [-0.1, -0.05) is 36.4 Å². The first kappa shape index (κ1) is 29.4. The van der Waals surface area contributed by atoms with Crippen molar-refractivity contribution < 1.29 is 23.8 Å². The standard InChI is InChI=1S/C34H42N4O5/c39-33(29-11-7-27(8-12-29)25-37-19-3-17-35-15-1-5-31(35)37)42-23-21-41-22-24-43-34(40)30-13-9-28(10-14-30)26-38-20-4-18-36-16-2-6-32(36)38/h1-2,7-16,31-32H,3-6,17-26H2. The van der Waals surface area contributed by atoms with Gasteiger partial charge in [-0.05, 0) is 60.6 Å². The second-order valence-electron chi connectivity index (χ2n) is 11.6. The van der Waals surface area contributed by atoms with Crippen molar-refractivity contribution in [2.24, 2.45) is 0 Å². The highest BCUT2D eigenvalue weighted by Crippen LogP contribution is 2.26. The molecule has 0 aromatic heterocycles. The van der Waals surface area contributed by atoms with E-state index >= 15 is 0 Å². The number of ether oxygens (including phenoxy) is 3. The predicted molar refractivity (Wildman–Crippen MR) is 163 cm³/mol. The summed E-state index contributed by atoms with van der Waals surface area (Å²) < 4.78 is 16.2. The van der Waals surface area contributed by atoms with E-state index in [-0.39, 0.29) is 38.4 Å². The summed E-state index contributed by atoms with van der Waals surface area (Å²) in [6.45, 7) is 6.94. The number of hydrogen-bond donors (Lipinski definition) is 0. The van der Waals surface area contributed by atoms with E-state index in [1.165, 1.54) is 24.0 Å². The van der Waals surface area contributed by atoms with E-state index in [0.717, 1.165) is 52.1 Å². The van der Waals surface area contributed by atoms with Crippen LogP contribution in [0.4, 0.5) is 0 Å². The lowest BCUT2D eigenvalue weighted by atomic mass is 10.1. The Balaban J connectivity index is 0.838. The summed E-state index contributed by atoms with van der Waals surface area (Å²) in [6.07, 6.45) is 14.3. The minimum absolute atomic E-state index is 0.139. The zero-order valence-electron chi connectivity index (χ0n) is 24.8. The molecule has 4 heterocycles. The fourth-order valence-corrected chi connectivity index (χ4v) is 6.47. The van der Waals surface area contributed by atoms with E-state index < -0.39 is 0 Å². The van der Waals surface area contributed by atoms with Crippen molar-refractivity contribution in [3.8, 4) is 0 Å². The Labute approximate surface area is 254 Å². The number of nitrogens with zero attached hydrogens (tertiary/aromatic N) is 4. The Morgan fingerprint density at radius 3 is 1.49 bits per heavy atom.